The second-order valence-corrected chi connectivity index (χ2v) is 7.37. The van der Waals surface area contributed by atoms with E-state index >= 15 is 0 Å². The highest BCUT2D eigenvalue weighted by Crippen LogP contribution is 2.29. The lowest BCUT2D eigenvalue weighted by molar-refractivity contribution is -0.137. The highest BCUT2D eigenvalue weighted by molar-refractivity contribution is 5.85. The lowest BCUT2D eigenvalue weighted by atomic mass is 10.0. The minimum absolute atomic E-state index is 0. The van der Waals surface area contributed by atoms with Gasteiger partial charge in [-0.3, -0.25) is 9.80 Å². The Morgan fingerprint density at radius 3 is 2.43 bits per heavy atom. The molecule has 0 aliphatic carbocycles. The zero-order chi connectivity index (χ0) is 18.6. The first-order valence-electron chi connectivity index (χ1n) is 9.42. The number of aliphatic hydroxyl groups excluding tert-OH is 1. The summed E-state index contributed by atoms with van der Waals surface area (Å²) in [6.45, 7) is 6.03. The molecule has 28 heavy (non-hydrogen) atoms. The molecule has 9 heteroatoms. The zero-order valence-electron chi connectivity index (χ0n) is 15.8. The van der Waals surface area contributed by atoms with Gasteiger partial charge < -0.3 is 10.4 Å². The fourth-order valence-corrected chi connectivity index (χ4v) is 4.01. The molecule has 1 unspecified atom stereocenters. The van der Waals surface area contributed by atoms with Crippen molar-refractivity contribution in [2.24, 2.45) is 0 Å². The van der Waals surface area contributed by atoms with Crippen LogP contribution in [0.1, 0.15) is 24.0 Å². The fraction of sp³-hybridized carbons (Fsp3) is 0.684. The number of nitrogens with zero attached hydrogens (tertiary/aromatic N) is 2. The molecule has 2 aliphatic rings. The summed E-state index contributed by atoms with van der Waals surface area (Å²) < 4.78 is 38.0. The summed E-state index contributed by atoms with van der Waals surface area (Å²) >= 11 is 0. The molecule has 1 aromatic rings. The molecule has 162 valence electrons. The first-order chi connectivity index (χ1) is 12.5. The summed E-state index contributed by atoms with van der Waals surface area (Å²) in [4.78, 5) is 4.78. The quantitative estimate of drug-likeness (QED) is 0.708. The summed E-state index contributed by atoms with van der Waals surface area (Å²) in [5.74, 6) is 0. The second-order valence-electron chi connectivity index (χ2n) is 7.37. The minimum atomic E-state index is -4.28. The number of aliphatic hydroxyl groups is 1. The molecule has 2 fully saturated rings. The van der Waals surface area contributed by atoms with Crippen LogP contribution in [0, 0.1) is 0 Å². The predicted molar refractivity (Wildman–Crippen MR) is 110 cm³/mol. The van der Waals surface area contributed by atoms with Crippen molar-refractivity contribution in [1.82, 2.24) is 15.1 Å². The number of nitrogens with one attached hydrogen (secondary N) is 1. The molecule has 2 N–H and O–H groups in total. The van der Waals surface area contributed by atoms with Gasteiger partial charge in [0.15, 0.2) is 0 Å². The SMILES string of the molecule is Cl.Cl.OC[C@@H]1CCCN1CCN1CCNC(Cc2ccc(C(F)(F)F)cc2)C1. The van der Waals surface area contributed by atoms with E-state index < -0.39 is 11.7 Å². The number of hydrogen-bond acceptors (Lipinski definition) is 4. The molecular weight excluding hydrogens is 414 g/mol. The van der Waals surface area contributed by atoms with Gasteiger partial charge in [0.05, 0.1) is 12.2 Å². The van der Waals surface area contributed by atoms with E-state index in [4.69, 9.17) is 0 Å². The molecule has 2 saturated heterocycles. The van der Waals surface area contributed by atoms with Gasteiger partial charge in [0.2, 0.25) is 0 Å². The standard InChI is InChI=1S/C19H28F3N3O.2ClH/c20-19(21,22)16-5-3-15(4-6-16)12-17-13-24(9-7-23-17)10-11-25-8-1-2-18(25)14-26;;/h3-6,17-18,23,26H,1-2,7-14H2;2*1H/t17?,18-;;/m0../s1. The molecule has 0 amide bonds. The molecule has 0 bridgehead atoms. The lowest BCUT2D eigenvalue weighted by Gasteiger charge is -2.35. The van der Waals surface area contributed by atoms with Crippen molar-refractivity contribution >= 4 is 24.8 Å². The molecule has 2 aliphatic heterocycles. The van der Waals surface area contributed by atoms with Crippen molar-refractivity contribution < 1.29 is 18.3 Å². The fourth-order valence-electron chi connectivity index (χ4n) is 4.01. The maximum atomic E-state index is 12.7. The van der Waals surface area contributed by atoms with Crippen LogP contribution < -0.4 is 5.32 Å². The summed E-state index contributed by atoms with van der Waals surface area (Å²) in [6, 6.07) is 6.06. The topological polar surface area (TPSA) is 38.7 Å². The number of benzene rings is 1. The molecular formula is C19H30Cl2F3N3O. The van der Waals surface area contributed by atoms with Gasteiger partial charge in [-0.1, -0.05) is 12.1 Å². The van der Waals surface area contributed by atoms with Crippen molar-refractivity contribution in [1.29, 1.82) is 0 Å². The Bertz CT molecular complexity index is 575. The highest BCUT2D eigenvalue weighted by atomic mass is 35.5. The number of alkyl halides is 3. The Balaban J connectivity index is 0.00000196. The number of halogens is 5. The minimum Gasteiger partial charge on any atom is -0.395 e. The maximum Gasteiger partial charge on any atom is 0.416 e. The van der Waals surface area contributed by atoms with Gasteiger partial charge in [-0.05, 0) is 43.5 Å². The van der Waals surface area contributed by atoms with Crippen LogP contribution in [-0.4, -0.2) is 72.9 Å². The van der Waals surface area contributed by atoms with E-state index in [2.05, 4.69) is 15.1 Å². The summed E-state index contributed by atoms with van der Waals surface area (Å²) in [7, 11) is 0. The van der Waals surface area contributed by atoms with Gasteiger partial charge in [-0.15, -0.1) is 24.8 Å². The number of piperazine rings is 1. The van der Waals surface area contributed by atoms with Crippen molar-refractivity contribution in [3.05, 3.63) is 35.4 Å². The monoisotopic (exact) mass is 443 g/mol. The van der Waals surface area contributed by atoms with E-state index in [1.807, 2.05) is 0 Å². The van der Waals surface area contributed by atoms with Crippen LogP contribution >= 0.6 is 24.8 Å². The number of rotatable bonds is 6. The Morgan fingerprint density at radius 1 is 1.07 bits per heavy atom. The third-order valence-corrected chi connectivity index (χ3v) is 5.52. The van der Waals surface area contributed by atoms with Crippen molar-refractivity contribution in [3.8, 4) is 0 Å². The Hall–Kier alpha value is -0.570. The first kappa shape index (κ1) is 25.5. The second kappa shape index (κ2) is 11.6. The van der Waals surface area contributed by atoms with Gasteiger partial charge in [0.1, 0.15) is 0 Å². The molecule has 0 spiro atoms. The van der Waals surface area contributed by atoms with Crippen LogP contribution in [0.5, 0.6) is 0 Å². The number of likely N-dealkylation sites (tertiary alicyclic amines) is 1. The van der Waals surface area contributed by atoms with Crippen LogP contribution in [-0.2, 0) is 12.6 Å². The molecule has 0 saturated carbocycles. The molecule has 0 radical (unpaired) electrons. The molecule has 4 nitrogen and oxygen atoms in total. The van der Waals surface area contributed by atoms with E-state index in [1.54, 1.807) is 12.1 Å². The average Bonchev–Trinajstić information content (AvgIpc) is 3.07. The molecule has 3 rings (SSSR count). The average molecular weight is 444 g/mol. The zero-order valence-corrected chi connectivity index (χ0v) is 17.5. The van der Waals surface area contributed by atoms with Crippen molar-refractivity contribution in [2.45, 2.75) is 37.5 Å². The third kappa shape index (κ3) is 7.04. The normalized spacial score (nSPS) is 23.9. The molecule has 2 atom stereocenters. The van der Waals surface area contributed by atoms with Crippen molar-refractivity contribution in [2.75, 3.05) is 45.9 Å². The lowest BCUT2D eigenvalue weighted by Crippen LogP contribution is -2.53. The van der Waals surface area contributed by atoms with E-state index in [1.165, 1.54) is 12.1 Å². The van der Waals surface area contributed by atoms with E-state index in [0.29, 0.717) is 6.04 Å². The molecule has 1 aromatic carbocycles. The van der Waals surface area contributed by atoms with Gasteiger partial charge in [-0.2, -0.15) is 13.2 Å². The van der Waals surface area contributed by atoms with Gasteiger partial charge in [-0.25, -0.2) is 0 Å². The summed E-state index contributed by atoms with van der Waals surface area (Å²) in [5, 5.41) is 12.9. The van der Waals surface area contributed by atoms with Crippen LogP contribution in [0.3, 0.4) is 0 Å². The van der Waals surface area contributed by atoms with Crippen LogP contribution in [0.15, 0.2) is 24.3 Å². The van der Waals surface area contributed by atoms with Crippen LogP contribution in [0.4, 0.5) is 13.2 Å². The smallest absolute Gasteiger partial charge is 0.395 e. The summed E-state index contributed by atoms with van der Waals surface area (Å²) in [5.41, 5.74) is 0.334. The van der Waals surface area contributed by atoms with Crippen LogP contribution in [0.25, 0.3) is 0 Å². The number of hydrogen-bond donors (Lipinski definition) is 2. The first-order valence-corrected chi connectivity index (χ1v) is 9.42. The van der Waals surface area contributed by atoms with Gasteiger partial charge >= 0.3 is 6.18 Å². The third-order valence-electron chi connectivity index (χ3n) is 5.52. The van der Waals surface area contributed by atoms with Crippen LogP contribution in [0.2, 0.25) is 0 Å². The molecule has 0 aromatic heterocycles. The van der Waals surface area contributed by atoms with E-state index in [-0.39, 0.29) is 37.5 Å². The van der Waals surface area contributed by atoms with Gasteiger partial charge in [0, 0.05) is 44.8 Å². The van der Waals surface area contributed by atoms with Gasteiger partial charge in [0.25, 0.3) is 0 Å². The van der Waals surface area contributed by atoms with E-state index in [9.17, 15) is 18.3 Å². The largest absolute Gasteiger partial charge is 0.416 e. The Labute approximate surface area is 177 Å². The summed E-state index contributed by atoms with van der Waals surface area (Å²) in [6.07, 6.45) is -1.31. The maximum absolute atomic E-state index is 12.7. The highest BCUT2D eigenvalue weighted by Gasteiger charge is 2.30. The molecule has 2 heterocycles. The van der Waals surface area contributed by atoms with E-state index in [0.717, 1.165) is 64.1 Å². The predicted octanol–water partition coefficient (Wildman–Crippen LogP) is 2.82. The van der Waals surface area contributed by atoms with Crippen molar-refractivity contribution in [3.63, 3.8) is 0 Å². The Kier molecular flexibility index (Phi) is 10.5. The Morgan fingerprint density at radius 2 is 1.79 bits per heavy atom.